The first kappa shape index (κ1) is 21.4. The molecule has 3 N–H and O–H groups in total. The van der Waals surface area contributed by atoms with E-state index in [4.69, 9.17) is 10.5 Å². The van der Waals surface area contributed by atoms with Crippen LogP contribution in [0, 0.1) is 11.3 Å². The van der Waals surface area contributed by atoms with E-state index < -0.39 is 5.97 Å². The normalized spacial score (nSPS) is 10.5. The quantitative estimate of drug-likeness (QED) is 0.660. The van der Waals surface area contributed by atoms with Crippen molar-refractivity contribution in [2.45, 2.75) is 26.8 Å². The van der Waals surface area contributed by atoms with Gasteiger partial charge in [-0.3, -0.25) is 9.69 Å². The van der Waals surface area contributed by atoms with Gasteiger partial charge in [0, 0.05) is 17.8 Å². The zero-order valence-corrected chi connectivity index (χ0v) is 17.1. The average molecular weight is 401 g/mol. The first-order valence-corrected chi connectivity index (χ1v) is 9.77. The number of hydrogen-bond donors (Lipinski definition) is 2. The van der Waals surface area contributed by atoms with Crippen molar-refractivity contribution in [3.63, 3.8) is 0 Å². The summed E-state index contributed by atoms with van der Waals surface area (Å²) in [6.45, 7) is 4.30. The van der Waals surface area contributed by atoms with Crippen LogP contribution in [0.25, 0.3) is 0 Å². The minimum atomic E-state index is -0.509. The number of nitriles is 1. The fraction of sp³-hybridized carbons (Fsp3) is 0.350. The number of benzene rings is 1. The molecule has 8 heteroatoms. The molecule has 0 atom stereocenters. The molecule has 28 heavy (non-hydrogen) atoms. The lowest BCUT2D eigenvalue weighted by Crippen LogP contribution is -2.30. The van der Waals surface area contributed by atoms with Gasteiger partial charge in [0.2, 0.25) is 5.91 Å². The third-order valence-electron chi connectivity index (χ3n) is 4.12. The number of likely N-dealkylation sites (N-methyl/N-ethyl adjacent to an activating group) is 1. The largest absolute Gasteiger partial charge is 0.462 e. The summed E-state index contributed by atoms with van der Waals surface area (Å²) in [6.07, 6.45) is 0.814. The summed E-state index contributed by atoms with van der Waals surface area (Å²) in [7, 11) is 1.75. The molecule has 0 spiro atoms. The van der Waals surface area contributed by atoms with Crippen LogP contribution in [0.4, 0.5) is 10.7 Å². The van der Waals surface area contributed by atoms with Crippen molar-refractivity contribution in [3.05, 3.63) is 45.8 Å². The molecular weight excluding hydrogens is 376 g/mol. The van der Waals surface area contributed by atoms with Crippen LogP contribution >= 0.6 is 11.3 Å². The van der Waals surface area contributed by atoms with E-state index in [0.29, 0.717) is 10.4 Å². The molecule has 0 aliphatic rings. The molecule has 0 fully saturated rings. The van der Waals surface area contributed by atoms with Gasteiger partial charge in [-0.1, -0.05) is 25.1 Å². The zero-order valence-electron chi connectivity index (χ0n) is 16.2. The van der Waals surface area contributed by atoms with Crippen molar-refractivity contribution in [2.75, 3.05) is 31.2 Å². The molecule has 0 bridgehead atoms. The molecule has 2 aromatic rings. The van der Waals surface area contributed by atoms with Crippen molar-refractivity contribution < 1.29 is 14.3 Å². The Morgan fingerprint density at radius 3 is 2.68 bits per heavy atom. The fourth-order valence-corrected chi connectivity index (χ4v) is 3.75. The molecule has 0 aliphatic carbocycles. The summed E-state index contributed by atoms with van der Waals surface area (Å²) in [4.78, 5) is 26.7. The number of carbonyl (C=O) groups excluding carboxylic acids is 2. The van der Waals surface area contributed by atoms with Crippen LogP contribution in [0.15, 0.2) is 24.3 Å². The Balaban J connectivity index is 2.12. The number of para-hydroxylation sites is 1. The highest BCUT2D eigenvalue weighted by atomic mass is 32.1. The SMILES string of the molecule is CCOC(=O)c1sc(N)c(C#N)c1CN(C)CC(=O)Nc1ccccc1CC. The maximum atomic E-state index is 12.4. The third kappa shape index (κ3) is 5.09. The van der Waals surface area contributed by atoms with Gasteiger partial charge in [0.1, 0.15) is 15.9 Å². The van der Waals surface area contributed by atoms with Crippen molar-refractivity contribution in [3.8, 4) is 6.07 Å². The predicted octanol–water partition coefficient (Wildman–Crippen LogP) is 3.01. The number of ether oxygens (including phenoxy) is 1. The van der Waals surface area contributed by atoms with Gasteiger partial charge in [0.05, 0.1) is 18.7 Å². The van der Waals surface area contributed by atoms with E-state index >= 15 is 0 Å². The molecule has 1 aromatic heterocycles. The molecule has 0 saturated carbocycles. The lowest BCUT2D eigenvalue weighted by molar-refractivity contribution is -0.117. The van der Waals surface area contributed by atoms with E-state index in [1.54, 1.807) is 18.9 Å². The molecule has 148 valence electrons. The molecular formula is C20H24N4O3S. The smallest absolute Gasteiger partial charge is 0.348 e. The second kappa shape index (κ2) is 9.88. The molecule has 1 heterocycles. The maximum absolute atomic E-state index is 12.4. The zero-order chi connectivity index (χ0) is 20.7. The van der Waals surface area contributed by atoms with Crippen molar-refractivity contribution in [1.29, 1.82) is 5.26 Å². The van der Waals surface area contributed by atoms with Crippen LogP contribution in [0.2, 0.25) is 0 Å². The van der Waals surface area contributed by atoms with Crippen LogP contribution in [-0.2, 0) is 22.5 Å². The van der Waals surface area contributed by atoms with Gasteiger partial charge >= 0.3 is 5.97 Å². The Hall–Kier alpha value is -2.89. The van der Waals surface area contributed by atoms with Gasteiger partial charge in [-0.05, 0) is 32.0 Å². The monoisotopic (exact) mass is 400 g/mol. The van der Waals surface area contributed by atoms with Crippen LogP contribution < -0.4 is 11.1 Å². The van der Waals surface area contributed by atoms with Crippen molar-refractivity contribution in [2.24, 2.45) is 0 Å². The van der Waals surface area contributed by atoms with Gasteiger partial charge in [-0.2, -0.15) is 5.26 Å². The molecule has 7 nitrogen and oxygen atoms in total. The molecule has 0 aliphatic heterocycles. The fourth-order valence-electron chi connectivity index (χ4n) is 2.83. The summed E-state index contributed by atoms with van der Waals surface area (Å²) >= 11 is 1.04. The molecule has 0 radical (unpaired) electrons. The average Bonchev–Trinajstić information content (AvgIpc) is 2.97. The van der Waals surface area contributed by atoms with Gasteiger partial charge < -0.3 is 15.8 Å². The highest BCUT2D eigenvalue weighted by Crippen LogP contribution is 2.32. The molecule has 0 unspecified atom stereocenters. The Morgan fingerprint density at radius 2 is 2.04 bits per heavy atom. The number of carbonyl (C=O) groups is 2. The number of esters is 1. The van der Waals surface area contributed by atoms with Crippen LogP contribution in [0.3, 0.4) is 0 Å². The highest BCUT2D eigenvalue weighted by molar-refractivity contribution is 7.18. The second-order valence-corrected chi connectivity index (χ2v) is 7.26. The number of aryl methyl sites for hydroxylation is 1. The van der Waals surface area contributed by atoms with E-state index in [1.165, 1.54) is 0 Å². The number of nitrogens with one attached hydrogen (secondary N) is 1. The topological polar surface area (TPSA) is 108 Å². The molecule has 1 aromatic carbocycles. The Bertz CT molecular complexity index is 901. The summed E-state index contributed by atoms with van der Waals surface area (Å²) in [6, 6.07) is 9.68. The number of anilines is 2. The number of amides is 1. The van der Waals surface area contributed by atoms with E-state index in [0.717, 1.165) is 29.0 Å². The number of hydrogen-bond acceptors (Lipinski definition) is 7. The van der Waals surface area contributed by atoms with Crippen LogP contribution in [0.1, 0.15) is 40.2 Å². The lowest BCUT2D eigenvalue weighted by atomic mass is 10.1. The van der Waals surface area contributed by atoms with E-state index in [-0.39, 0.29) is 36.2 Å². The highest BCUT2D eigenvalue weighted by Gasteiger charge is 2.24. The van der Waals surface area contributed by atoms with E-state index in [1.807, 2.05) is 37.3 Å². The number of nitrogen functional groups attached to an aromatic ring is 1. The van der Waals surface area contributed by atoms with E-state index in [9.17, 15) is 14.9 Å². The maximum Gasteiger partial charge on any atom is 0.348 e. The number of nitrogens with two attached hydrogens (primary N) is 1. The summed E-state index contributed by atoms with van der Waals surface area (Å²) < 4.78 is 5.06. The van der Waals surface area contributed by atoms with Crippen LogP contribution in [0.5, 0.6) is 0 Å². The third-order valence-corrected chi connectivity index (χ3v) is 5.16. The van der Waals surface area contributed by atoms with Gasteiger partial charge in [-0.15, -0.1) is 11.3 Å². The standard InChI is InChI=1S/C20H24N4O3S/c1-4-13-8-6-7-9-16(13)23-17(25)12-24(3)11-15-14(10-21)19(22)28-18(15)20(26)27-5-2/h6-9H,4-5,11-12,22H2,1-3H3,(H,23,25). The van der Waals surface area contributed by atoms with Crippen molar-refractivity contribution in [1.82, 2.24) is 4.90 Å². The molecule has 1 amide bonds. The van der Waals surface area contributed by atoms with E-state index in [2.05, 4.69) is 5.32 Å². The number of thiophene rings is 1. The van der Waals surface area contributed by atoms with Gasteiger partial charge in [-0.25, -0.2) is 4.79 Å². The number of nitrogens with zero attached hydrogens (tertiary/aromatic N) is 2. The second-order valence-electron chi connectivity index (χ2n) is 6.21. The molecule has 0 saturated heterocycles. The molecule has 2 rings (SSSR count). The summed E-state index contributed by atoms with van der Waals surface area (Å²) in [5.41, 5.74) is 8.48. The Labute approximate surface area is 168 Å². The Morgan fingerprint density at radius 1 is 1.32 bits per heavy atom. The summed E-state index contributed by atoms with van der Waals surface area (Å²) in [5.74, 6) is -0.687. The first-order valence-electron chi connectivity index (χ1n) is 8.95. The minimum absolute atomic E-state index is 0.0981. The minimum Gasteiger partial charge on any atom is -0.462 e. The predicted molar refractivity (Wildman–Crippen MR) is 110 cm³/mol. The summed E-state index contributed by atoms with van der Waals surface area (Å²) in [5, 5.41) is 12.6. The van der Waals surface area contributed by atoms with Crippen LogP contribution in [-0.4, -0.2) is 37.0 Å². The Kier molecular flexibility index (Phi) is 7.55. The van der Waals surface area contributed by atoms with Crippen molar-refractivity contribution >= 4 is 33.9 Å². The number of rotatable bonds is 8. The van der Waals surface area contributed by atoms with Gasteiger partial charge in [0.25, 0.3) is 0 Å². The lowest BCUT2D eigenvalue weighted by Gasteiger charge is -2.17. The first-order chi connectivity index (χ1) is 13.4. The van der Waals surface area contributed by atoms with Gasteiger partial charge in [0.15, 0.2) is 0 Å².